The van der Waals surface area contributed by atoms with Crippen molar-refractivity contribution in [2.24, 2.45) is 0 Å². The zero-order valence-electron chi connectivity index (χ0n) is 14.0. The normalized spacial score (nSPS) is 11.5. The Morgan fingerprint density at radius 2 is 1.48 bits per heavy atom. The van der Waals surface area contributed by atoms with Gasteiger partial charge in [-0.1, -0.05) is 42.0 Å². The van der Waals surface area contributed by atoms with E-state index in [0.29, 0.717) is 0 Å². The maximum Gasteiger partial charge on any atom is 0.145 e. The molecule has 0 amide bonds. The van der Waals surface area contributed by atoms with Crippen molar-refractivity contribution < 1.29 is 0 Å². The monoisotopic (exact) mass is 300 g/mol. The fourth-order valence-electron chi connectivity index (χ4n) is 3.74. The van der Waals surface area contributed by atoms with Gasteiger partial charge in [0.1, 0.15) is 5.65 Å². The van der Waals surface area contributed by atoms with E-state index in [-0.39, 0.29) is 0 Å². The highest BCUT2D eigenvalue weighted by Gasteiger charge is 2.14. The summed E-state index contributed by atoms with van der Waals surface area (Å²) in [6, 6.07) is 13.0. The van der Waals surface area contributed by atoms with Gasteiger partial charge < -0.3 is 0 Å². The van der Waals surface area contributed by atoms with E-state index in [0.717, 1.165) is 5.65 Å². The Morgan fingerprint density at radius 3 is 2.17 bits per heavy atom. The lowest BCUT2D eigenvalue weighted by Gasteiger charge is -2.12. The second-order valence-corrected chi connectivity index (χ2v) is 6.47. The third-order valence-electron chi connectivity index (χ3n) is 4.65. The first-order valence-electron chi connectivity index (χ1n) is 8.00. The third kappa shape index (κ3) is 2.06. The summed E-state index contributed by atoms with van der Waals surface area (Å²) in [4.78, 5) is 4.73. The number of aromatic nitrogens is 2. The molecular formula is C21H20N2. The molecular weight excluding hydrogens is 280 g/mol. The summed E-state index contributed by atoms with van der Waals surface area (Å²) in [5, 5.41) is 2.48. The van der Waals surface area contributed by atoms with Crippen LogP contribution in [0.25, 0.3) is 27.7 Å². The van der Waals surface area contributed by atoms with Crippen LogP contribution in [-0.2, 0) is 0 Å². The fraction of sp³-hybridized carbons (Fsp3) is 0.190. The number of fused-ring (bicyclic) bond motifs is 3. The minimum atomic E-state index is 1.03. The summed E-state index contributed by atoms with van der Waals surface area (Å²) in [5.41, 5.74) is 8.67. The Kier molecular flexibility index (Phi) is 3.02. The molecule has 0 aliphatic heterocycles. The average Bonchev–Trinajstić information content (AvgIpc) is 2.90. The molecule has 0 aliphatic rings. The predicted molar refractivity (Wildman–Crippen MR) is 97.1 cm³/mol. The van der Waals surface area contributed by atoms with Gasteiger partial charge in [-0.3, -0.25) is 4.40 Å². The van der Waals surface area contributed by atoms with Crippen molar-refractivity contribution in [3.8, 4) is 11.3 Å². The van der Waals surface area contributed by atoms with Gasteiger partial charge in [-0.15, -0.1) is 0 Å². The van der Waals surface area contributed by atoms with E-state index in [2.05, 4.69) is 74.7 Å². The average molecular weight is 300 g/mol. The van der Waals surface area contributed by atoms with Crippen LogP contribution < -0.4 is 0 Å². The quantitative estimate of drug-likeness (QED) is 0.461. The Labute approximate surface area is 136 Å². The molecule has 0 atom stereocenters. The highest BCUT2D eigenvalue weighted by Crippen LogP contribution is 2.32. The first-order valence-corrected chi connectivity index (χ1v) is 8.00. The van der Waals surface area contributed by atoms with Crippen LogP contribution in [0.5, 0.6) is 0 Å². The molecule has 0 spiro atoms. The molecule has 0 bridgehead atoms. The highest BCUT2D eigenvalue weighted by atomic mass is 15.0. The number of nitrogens with zero attached hydrogens (tertiary/aromatic N) is 2. The van der Waals surface area contributed by atoms with Gasteiger partial charge in [-0.2, -0.15) is 0 Å². The molecule has 23 heavy (non-hydrogen) atoms. The molecule has 2 aromatic heterocycles. The predicted octanol–water partition coefficient (Wildman–Crippen LogP) is 5.39. The minimum absolute atomic E-state index is 1.03. The number of imidazole rings is 1. The van der Waals surface area contributed by atoms with Crippen molar-refractivity contribution in [1.29, 1.82) is 0 Å². The lowest BCUT2D eigenvalue weighted by molar-refractivity contribution is 1.17. The van der Waals surface area contributed by atoms with Crippen LogP contribution in [0.4, 0.5) is 0 Å². The molecule has 0 aliphatic carbocycles. The van der Waals surface area contributed by atoms with Crippen molar-refractivity contribution >= 4 is 16.4 Å². The van der Waals surface area contributed by atoms with Gasteiger partial charge in [0.15, 0.2) is 0 Å². The number of hydrogen-bond donors (Lipinski definition) is 0. The molecule has 4 aromatic rings. The Hall–Kier alpha value is -2.61. The molecule has 2 heteroatoms. The minimum Gasteiger partial charge on any atom is -0.299 e. The molecule has 0 N–H and O–H groups in total. The van der Waals surface area contributed by atoms with Gasteiger partial charge in [0.2, 0.25) is 0 Å². The summed E-state index contributed by atoms with van der Waals surface area (Å²) < 4.78 is 2.24. The zero-order valence-corrected chi connectivity index (χ0v) is 14.0. The number of rotatable bonds is 1. The molecule has 2 aromatic carbocycles. The van der Waals surface area contributed by atoms with Crippen molar-refractivity contribution in [1.82, 2.24) is 9.38 Å². The van der Waals surface area contributed by atoms with Crippen LogP contribution in [0.2, 0.25) is 0 Å². The van der Waals surface area contributed by atoms with Gasteiger partial charge in [0.05, 0.1) is 11.9 Å². The van der Waals surface area contributed by atoms with Crippen LogP contribution in [0.15, 0.2) is 48.8 Å². The van der Waals surface area contributed by atoms with Crippen molar-refractivity contribution in [3.63, 3.8) is 0 Å². The molecule has 2 nitrogen and oxygen atoms in total. The smallest absolute Gasteiger partial charge is 0.145 e. The maximum absolute atomic E-state index is 4.73. The summed E-state index contributed by atoms with van der Waals surface area (Å²) >= 11 is 0. The van der Waals surface area contributed by atoms with Crippen LogP contribution >= 0.6 is 0 Å². The van der Waals surface area contributed by atoms with Gasteiger partial charge in [0, 0.05) is 17.1 Å². The Balaban J connectivity index is 2.11. The molecule has 4 rings (SSSR count). The van der Waals surface area contributed by atoms with E-state index in [1.807, 2.05) is 6.20 Å². The molecule has 0 saturated heterocycles. The highest BCUT2D eigenvalue weighted by molar-refractivity contribution is 5.97. The van der Waals surface area contributed by atoms with Crippen LogP contribution in [0, 0.1) is 27.7 Å². The lowest BCUT2D eigenvalue weighted by atomic mass is 9.97. The standard InChI is InChI=1S/C21H20N2/c1-13-9-14(2)20(15(3)10-13)19-11-22-21-18-8-6-5-7-17(18)16(4)12-23(19)21/h5-12H,1-4H3. The lowest BCUT2D eigenvalue weighted by Crippen LogP contribution is -1.96. The third-order valence-corrected chi connectivity index (χ3v) is 4.65. The molecule has 0 saturated carbocycles. The SMILES string of the molecule is Cc1cc(C)c(-c2cnc3c4ccccc4c(C)cn23)c(C)c1. The number of aryl methyl sites for hydroxylation is 4. The molecule has 0 radical (unpaired) electrons. The van der Waals surface area contributed by atoms with Crippen molar-refractivity contribution in [2.75, 3.05) is 0 Å². The Morgan fingerprint density at radius 1 is 0.826 bits per heavy atom. The van der Waals surface area contributed by atoms with E-state index in [4.69, 9.17) is 4.98 Å². The van der Waals surface area contributed by atoms with Crippen molar-refractivity contribution in [3.05, 3.63) is 71.0 Å². The van der Waals surface area contributed by atoms with Crippen LogP contribution in [0.1, 0.15) is 22.3 Å². The van der Waals surface area contributed by atoms with E-state index < -0.39 is 0 Å². The maximum atomic E-state index is 4.73. The van der Waals surface area contributed by atoms with Gasteiger partial charge in [0.25, 0.3) is 0 Å². The summed E-state index contributed by atoms with van der Waals surface area (Å²) in [6.07, 6.45) is 4.21. The first-order chi connectivity index (χ1) is 11.1. The van der Waals surface area contributed by atoms with E-state index >= 15 is 0 Å². The van der Waals surface area contributed by atoms with Gasteiger partial charge in [-0.05, 0) is 49.8 Å². The number of hydrogen-bond acceptors (Lipinski definition) is 1. The second kappa shape index (κ2) is 4.95. The topological polar surface area (TPSA) is 17.3 Å². The van der Waals surface area contributed by atoms with E-state index in [9.17, 15) is 0 Å². The van der Waals surface area contributed by atoms with Crippen LogP contribution in [0.3, 0.4) is 0 Å². The Bertz CT molecular complexity index is 1030. The zero-order chi connectivity index (χ0) is 16.1. The summed E-state index contributed by atoms with van der Waals surface area (Å²) in [5.74, 6) is 0. The van der Waals surface area contributed by atoms with Crippen molar-refractivity contribution in [2.45, 2.75) is 27.7 Å². The molecule has 2 heterocycles. The molecule has 114 valence electrons. The van der Waals surface area contributed by atoms with Crippen LogP contribution in [-0.4, -0.2) is 9.38 Å². The molecule has 0 unspecified atom stereocenters. The fourth-order valence-corrected chi connectivity index (χ4v) is 3.74. The number of benzene rings is 2. The first kappa shape index (κ1) is 14.0. The van der Waals surface area contributed by atoms with Gasteiger partial charge >= 0.3 is 0 Å². The van der Waals surface area contributed by atoms with Gasteiger partial charge in [-0.25, -0.2) is 4.98 Å². The van der Waals surface area contributed by atoms with E-state index in [1.54, 1.807) is 0 Å². The summed E-state index contributed by atoms with van der Waals surface area (Å²) in [7, 11) is 0. The van der Waals surface area contributed by atoms with E-state index in [1.165, 1.54) is 44.3 Å². The summed E-state index contributed by atoms with van der Waals surface area (Å²) in [6.45, 7) is 8.68. The molecule has 0 fully saturated rings. The number of pyridine rings is 1. The largest absolute Gasteiger partial charge is 0.299 e. The second-order valence-electron chi connectivity index (χ2n) is 6.47.